The lowest BCUT2D eigenvalue weighted by molar-refractivity contribution is 0.0688. The predicted octanol–water partition coefficient (Wildman–Crippen LogP) is 5.06. The Morgan fingerprint density at radius 2 is 0.846 bits per heavy atom. The van der Waals surface area contributed by atoms with E-state index in [0.717, 1.165) is 21.9 Å². The molecule has 4 heteroatoms. The van der Waals surface area contributed by atoms with Crippen LogP contribution in [0.4, 0.5) is 0 Å². The number of hydrogen-bond donors (Lipinski definition) is 2. The Bertz CT molecular complexity index is 1100. The van der Waals surface area contributed by atoms with Crippen LogP contribution in [0.1, 0.15) is 20.7 Å². The summed E-state index contributed by atoms with van der Waals surface area (Å²) in [6.07, 6.45) is 0. The van der Waals surface area contributed by atoms with E-state index in [1.807, 2.05) is 36.4 Å². The minimum Gasteiger partial charge on any atom is -0.478 e. The molecule has 0 bridgehead atoms. The lowest BCUT2D eigenvalue weighted by atomic mass is 9.90. The first-order chi connectivity index (χ1) is 12.6. The monoisotopic (exact) mass is 342 g/mol. The van der Waals surface area contributed by atoms with Crippen molar-refractivity contribution in [1.82, 2.24) is 0 Å². The van der Waals surface area contributed by atoms with Crippen molar-refractivity contribution in [3.05, 3.63) is 83.9 Å². The van der Waals surface area contributed by atoms with Gasteiger partial charge in [-0.15, -0.1) is 0 Å². The fourth-order valence-electron chi connectivity index (χ4n) is 3.44. The Morgan fingerprint density at radius 3 is 1.19 bits per heavy atom. The van der Waals surface area contributed by atoms with Crippen LogP contribution < -0.4 is 0 Å². The summed E-state index contributed by atoms with van der Waals surface area (Å²) in [7, 11) is 0. The van der Waals surface area contributed by atoms with Gasteiger partial charge in [0.1, 0.15) is 0 Å². The Hall–Kier alpha value is -3.66. The topological polar surface area (TPSA) is 74.6 Å². The van der Waals surface area contributed by atoms with E-state index in [1.54, 1.807) is 36.4 Å². The molecule has 4 nitrogen and oxygen atoms in total. The molecule has 0 heterocycles. The van der Waals surface area contributed by atoms with Crippen LogP contribution in [0.3, 0.4) is 0 Å². The van der Waals surface area contributed by atoms with E-state index < -0.39 is 11.9 Å². The molecule has 126 valence electrons. The number of hydrogen-bond acceptors (Lipinski definition) is 2. The van der Waals surface area contributed by atoms with Gasteiger partial charge in [0.15, 0.2) is 0 Å². The molecule has 0 atom stereocenters. The van der Waals surface area contributed by atoms with Crippen LogP contribution in [0.25, 0.3) is 32.7 Å². The summed E-state index contributed by atoms with van der Waals surface area (Å²) >= 11 is 0. The van der Waals surface area contributed by atoms with Crippen molar-refractivity contribution in [2.45, 2.75) is 0 Å². The lowest BCUT2D eigenvalue weighted by Crippen LogP contribution is -2.00. The highest BCUT2D eigenvalue weighted by atomic mass is 16.4. The zero-order valence-electron chi connectivity index (χ0n) is 13.6. The highest BCUT2D eigenvalue weighted by Gasteiger charge is 2.16. The summed E-state index contributed by atoms with van der Waals surface area (Å²) in [6, 6.07) is 21.5. The molecular formula is C22H14O4. The fraction of sp³-hybridized carbons (Fsp3) is 0. The van der Waals surface area contributed by atoms with Gasteiger partial charge in [0.25, 0.3) is 0 Å². The average Bonchev–Trinajstić information content (AvgIpc) is 2.66. The molecule has 0 unspecified atom stereocenters. The van der Waals surface area contributed by atoms with Crippen LogP contribution in [0, 0.1) is 0 Å². The normalized spacial score (nSPS) is 10.9. The maximum atomic E-state index is 11.5. The molecule has 0 saturated carbocycles. The molecule has 0 aliphatic heterocycles. The van der Waals surface area contributed by atoms with Gasteiger partial charge in [0, 0.05) is 0 Å². The summed E-state index contributed by atoms with van der Waals surface area (Å²) in [6.45, 7) is 0. The number of carbonyl (C=O) groups is 2. The van der Waals surface area contributed by atoms with Gasteiger partial charge in [0.05, 0.1) is 11.1 Å². The van der Waals surface area contributed by atoms with Crippen molar-refractivity contribution >= 4 is 33.5 Å². The number of rotatable bonds is 3. The lowest BCUT2D eigenvalue weighted by Gasteiger charge is -2.13. The molecule has 4 aromatic carbocycles. The third-order valence-corrected chi connectivity index (χ3v) is 4.60. The summed E-state index contributed by atoms with van der Waals surface area (Å²) in [5.41, 5.74) is 2.24. The Morgan fingerprint density at radius 1 is 0.500 bits per heavy atom. The predicted molar refractivity (Wildman–Crippen MR) is 101 cm³/mol. The van der Waals surface area contributed by atoms with Gasteiger partial charge >= 0.3 is 11.9 Å². The first kappa shape index (κ1) is 15.8. The van der Waals surface area contributed by atoms with Gasteiger partial charge in [-0.1, -0.05) is 60.7 Å². The largest absolute Gasteiger partial charge is 0.478 e. The molecule has 0 radical (unpaired) electrons. The molecule has 26 heavy (non-hydrogen) atoms. The van der Waals surface area contributed by atoms with E-state index in [9.17, 15) is 19.8 Å². The van der Waals surface area contributed by atoms with Crippen LogP contribution in [-0.2, 0) is 0 Å². The second-order valence-corrected chi connectivity index (χ2v) is 6.02. The van der Waals surface area contributed by atoms with Crippen molar-refractivity contribution in [1.29, 1.82) is 0 Å². The van der Waals surface area contributed by atoms with E-state index >= 15 is 0 Å². The van der Waals surface area contributed by atoms with Gasteiger partial charge in [-0.05, 0) is 44.8 Å². The van der Waals surface area contributed by atoms with Crippen molar-refractivity contribution in [3.8, 4) is 11.1 Å². The summed E-state index contributed by atoms with van der Waals surface area (Å²) in [5.74, 6) is -1.95. The van der Waals surface area contributed by atoms with Crippen molar-refractivity contribution in [2.75, 3.05) is 0 Å². The minimum absolute atomic E-state index is 0.246. The van der Waals surface area contributed by atoms with Crippen molar-refractivity contribution in [3.63, 3.8) is 0 Å². The Kier molecular flexibility index (Phi) is 3.66. The first-order valence-electron chi connectivity index (χ1n) is 8.08. The van der Waals surface area contributed by atoms with E-state index in [2.05, 4.69) is 0 Å². The zero-order chi connectivity index (χ0) is 18.3. The molecule has 0 aromatic heterocycles. The highest BCUT2D eigenvalue weighted by molar-refractivity contribution is 6.14. The molecule has 2 N–H and O–H groups in total. The molecule has 4 aromatic rings. The molecule has 0 spiro atoms. The summed E-state index contributed by atoms with van der Waals surface area (Å²) in [5, 5.41) is 21.8. The number of benzene rings is 4. The third-order valence-electron chi connectivity index (χ3n) is 4.60. The average molecular weight is 342 g/mol. The quantitative estimate of drug-likeness (QED) is 0.546. The molecule has 0 aliphatic rings. The van der Waals surface area contributed by atoms with Crippen molar-refractivity contribution < 1.29 is 19.8 Å². The molecular weight excluding hydrogens is 328 g/mol. The molecule has 0 fully saturated rings. The smallest absolute Gasteiger partial charge is 0.336 e. The number of fused-ring (bicyclic) bond motifs is 2. The van der Waals surface area contributed by atoms with Crippen molar-refractivity contribution in [2.24, 2.45) is 0 Å². The second kappa shape index (κ2) is 6.01. The number of carboxylic acid groups (broad SMARTS) is 2. The molecule has 4 rings (SSSR count). The van der Waals surface area contributed by atoms with Gasteiger partial charge < -0.3 is 10.2 Å². The second-order valence-electron chi connectivity index (χ2n) is 6.02. The summed E-state index contributed by atoms with van der Waals surface area (Å²) in [4.78, 5) is 23.1. The summed E-state index contributed by atoms with van der Waals surface area (Å²) < 4.78 is 0. The SMILES string of the molecule is O=C(O)c1ccc(-c2ccc(C(=O)O)c3ccccc23)c2ccccc12. The van der Waals surface area contributed by atoms with Gasteiger partial charge in [-0.25, -0.2) is 9.59 Å². The third kappa shape index (κ3) is 2.40. The van der Waals surface area contributed by atoms with Gasteiger partial charge in [-0.3, -0.25) is 0 Å². The molecule has 0 aliphatic carbocycles. The zero-order valence-corrected chi connectivity index (χ0v) is 13.6. The standard InChI is InChI=1S/C22H14O4/c23-21(24)19-11-9-17(13-5-1-3-7-15(13)19)18-10-12-20(22(25)26)16-8-4-2-6-14(16)18/h1-12H,(H,23,24)(H,25,26). The Balaban J connectivity index is 2.09. The van der Waals surface area contributed by atoms with Crippen LogP contribution in [0.2, 0.25) is 0 Å². The van der Waals surface area contributed by atoms with Crippen LogP contribution in [0.15, 0.2) is 72.8 Å². The van der Waals surface area contributed by atoms with E-state index in [4.69, 9.17) is 0 Å². The van der Waals surface area contributed by atoms with Crippen LogP contribution in [-0.4, -0.2) is 22.2 Å². The van der Waals surface area contributed by atoms with E-state index in [-0.39, 0.29) is 11.1 Å². The van der Waals surface area contributed by atoms with E-state index in [0.29, 0.717) is 10.8 Å². The van der Waals surface area contributed by atoms with E-state index in [1.165, 1.54) is 0 Å². The Labute approximate surface area is 148 Å². The minimum atomic E-state index is -0.973. The number of carboxylic acids is 2. The van der Waals surface area contributed by atoms with Gasteiger partial charge in [-0.2, -0.15) is 0 Å². The fourth-order valence-corrected chi connectivity index (χ4v) is 3.44. The first-order valence-corrected chi connectivity index (χ1v) is 8.08. The van der Waals surface area contributed by atoms with Crippen LogP contribution in [0.5, 0.6) is 0 Å². The highest BCUT2D eigenvalue weighted by Crippen LogP contribution is 2.36. The van der Waals surface area contributed by atoms with Gasteiger partial charge in [0.2, 0.25) is 0 Å². The molecule has 0 saturated heterocycles. The maximum absolute atomic E-state index is 11.5. The maximum Gasteiger partial charge on any atom is 0.336 e. The number of aromatic carboxylic acids is 2. The molecule has 0 amide bonds. The van der Waals surface area contributed by atoms with Crippen LogP contribution >= 0.6 is 0 Å².